The van der Waals surface area contributed by atoms with Crippen LogP contribution >= 0.6 is 27.3 Å². The molecule has 104 valence electrons. The second-order valence-corrected chi connectivity index (χ2v) is 6.59. The van der Waals surface area contributed by atoms with E-state index in [-0.39, 0.29) is 6.17 Å². The van der Waals surface area contributed by atoms with Gasteiger partial charge in [0.05, 0.1) is 5.69 Å². The van der Waals surface area contributed by atoms with Crippen LogP contribution in [0.15, 0.2) is 64.5 Å². The van der Waals surface area contributed by atoms with Crippen LogP contribution < -0.4 is 10.4 Å². The Kier molecular flexibility index (Phi) is 3.25. The van der Waals surface area contributed by atoms with Gasteiger partial charge in [0.15, 0.2) is 0 Å². The number of hydrogen-bond acceptors (Lipinski definition) is 4. The number of hydrazine groups is 1. The molecular formula is C16H12BrN3S. The zero-order valence-electron chi connectivity index (χ0n) is 11.0. The highest BCUT2D eigenvalue weighted by Gasteiger charge is 2.37. The molecule has 0 spiro atoms. The van der Waals surface area contributed by atoms with Crippen molar-refractivity contribution in [2.45, 2.75) is 6.17 Å². The molecule has 1 aliphatic heterocycles. The van der Waals surface area contributed by atoms with E-state index in [1.165, 1.54) is 5.56 Å². The molecule has 21 heavy (non-hydrogen) atoms. The minimum absolute atomic E-state index is 0.230. The summed E-state index contributed by atoms with van der Waals surface area (Å²) in [6.45, 7) is 0. The highest BCUT2D eigenvalue weighted by atomic mass is 79.9. The first-order valence-electron chi connectivity index (χ1n) is 6.63. The molecule has 5 heteroatoms. The molecule has 2 aromatic carbocycles. The van der Waals surface area contributed by atoms with E-state index in [1.807, 2.05) is 18.2 Å². The third-order valence-corrected chi connectivity index (χ3v) is 4.77. The van der Waals surface area contributed by atoms with Crippen LogP contribution in [-0.2, 0) is 0 Å². The molecule has 2 heterocycles. The molecule has 0 saturated carbocycles. The standard InChI is InChI=1S/C16H12BrN3S/c17-13-8-6-12(7-9-13)15-19-20(15)16-18-14(10-21-16)11-4-2-1-3-5-11/h1-10,15,19H. The second-order valence-electron chi connectivity index (χ2n) is 4.83. The molecule has 0 aliphatic carbocycles. The predicted molar refractivity (Wildman–Crippen MR) is 90.0 cm³/mol. The highest BCUT2D eigenvalue weighted by molar-refractivity contribution is 9.10. The van der Waals surface area contributed by atoms with Crippen molar-refractivity contribution < 1.29 is 0 Å². The molecule has 1 saturated heterocycles. The fourth-order valence-corrected chi connectivity index (χ4v) is 3.34. The lowest BCUT2D eigenvalue weighted by Gasteiger charge is -1.99. The van der Waals surface area contributed by atoms with Gasteiger partial charge in [-0.2, -0.15) is 0 Å². The van der Waals surface area contributed by atoms with Crippen LogP contribution in [0.5, 0.6) is 0 Å². The van der Waals surface area contributed by atoms with E-state index in [2.05, 4.69) is 68.1 Å². The molecule has 1 fully saturated rings. The number of nitrogens with one attached hydrogen (secondary N) is 1. The van der Waals surface area contributed by atoms with E-state index < -0.39 is 0 Å². The molecule has 1 N–H and O–H groups in total. The van der Waals surface area contributed by atoms with Crippen LogP contribution in [0.25, 0.3) is 11.3 Å². The maximum absolute atomic E-state index is 4.71. The number of benzene rings is 2. The second kappa shape index (κ2) is 5.26. The van der Waals surface area contributed by atoms with Gasteiger partial charge in [-0.1, -0.05) is 58.4 Å². The Labute approximate surface area is 135 Å². The number of halogens is 1. The van der Waals surface area contributed by atoms with Gasteiger partial charge in [-0.25, -0.2) is 10.4 Å². The van der Waals surface area contributed by atoms with Crippen molar-refractivity contribution in [3.8, 4) is 11.3 Å². The molecule has 1 aromatic heterocycles. The minimum Gasteiger partial charge on any atom is -0.258 e. The van der Waals surface area contributed by atoms with Crippen LogP contribution in [0.4, 0.5) is 5.13 Å². The average Bonchev–Trinajstić information content (AvgIpc) is 3.17. The van der Waals surface area contributed by atoms with Crippen LogP contribution in [0.2, 0.25) is 0 Å². The molecule has 0 bridgehead atoms. The smallest absolute Gasteiger partial charge is 0.202 e. The van der Waals surface area contributed by atoms with Gasteiger partial charge in [-0.3, -0.25) is 5.01 Å². The van der Waals surface area contributed by atoms with Gasteiger partial charge in [0.1, 0.15) is 6.17 Å². The molecule has 3 aromatic rings. The molecule has 0 radical (unpaired) electrons. The quantitative estimate of drug-likeness (QED) is 0.696. The Morgan fingerprint density at radius 2 is 1.81 bits per heavy atom. The van der Waals surface area contributed by atoms with Crippen molar-refractivity contribution in [2.24, 2.45) is 0 Å². The monoisotopic (exact) mass is 357 g/mol. The topological polar surface area (TPSA) is 37.8 Å². The van der Waals surface area contributed by atoms with Crippen LogP contribution in [0.3, 0.4) is 0 Å². The third-order valence-electron chi connectivity index (χ3n) is 3.41. The first-order chi connectivity index (χ1) is 10.3. The van der Waals surface area contributed by atoms with Crippen molar-refractivity contribution in [2.75, 3.05) is 5.01 Å². The summed E-state index contributed by atoms with van der Waals surface area (Å²) in [5, 5.41) is 5.20. The Morgan fingerprint density at radius 3 is 2.57 bits per heavy atom. The van der Waals surface area contributed by atoms with E-state index in [9.17, 15) is 0 Å². The molecule has 4 rings (SSSR count). The van der Waals surface area contributed by atoms with Gasteiger partial charge in [0.25, 0.3) is 0 Å². The molecule has 0 amide bonds. The fraction of sp³-hybridized carbons (Fsp3) is 0.0625. The summed E-state index contributed by atoms with van der Waals surface area (Å²) in [6, 6.07) is 18.6. The van der Waals surface area contributed by atoms with Gasteiger partial charge in [-0.15, -0.1) is 11.3 Å². The van der Waals surface area contributed by atoms with Crippen molar-refractivity contribution in [1.82, 2.24) is 10.4 Å². The molecule has 1 unspecified atom stereocenters. The zero-order chi connectivity index (χ0) is 14.2. The van der Waals surface area contributed by atoms with Crippen LogP contribution in [0, 0.1) is 0 Å². The predicted octanol–water partition coefficient (Wildman–Crippen LogP) is 4.60. The molecule has 3 nitrogen and oxygen atoms in total. The maximum atomic E-state index is 4.71. The van der Waals surface area contributed by atoms with Gasteiger partial charge in [-0.05, 0) is 17.7 Å². The number of aromatic nitrogens is 1. The summed E-state index contributed by atoms with van der Waals surface area (Å²) in [6.07, 6.45) is 0.230. The SMILES string of the molecule is Brc1ccc(C2NN2c2nc(-c3ccccc3)cs2)cc1. The lowest BCUT2D eigenvalue weighted by molar-refractivity contribution is 1.07. The van der Waals surface area contributed by atoms with E-state index >= 15 is 0 Å². The van der Waals surface area contributed by atoms with Gasteiger partial charge >= 0.3 is 0 Å². The fourth-order valence-electron chi connectivity index (χ4n) is 2.25. The minimum atomic E-state index is 0.230. The summed E-state index contributed by atoms with van der Waals surface area (Å²) in [5.41, 5.74) is 6.78. The Bertz CT molecular complexity index is 755. The van der Waals surface area contributed by atoms with Gasteiger partial charge in [0.2, 0.25) is 5.13 Å². The summed E-state index contributed by atoms with van der Waals surface area (Å²) in [4.78, 5) is 4.71. The van der Waals surface area contributed by atoms with E-state index in [1.54, 1.807) is 11.3 Å². The van der Waals surface area contributed by atoms with Crippen molar-refractivity contribution in [1.29, 1.82) is 0 Å². The van der Waals surface area contributed by atoms with Crippen molar-refractivity contribution >= 4 is 32.4 Å². The van der Waals surface area contributed by atoms with Crippen molar-refractivity contribution in [3.05, 3.63) is 70.0 Å². The summed E-state index contributed by atoms with van der Waals surface area (Å²) in [5.74, 6) is 0. The molecular weight excluding hydrogens is 346 g/mol. The average molecular weight is 358 g/mol. The van der Waals surface area contributed by atoms with Crippen LogP contribution in [0.1, 0.15) is 11.7 Å². The van der Waals surface area contributed by atoms with E-state index in [0.29, 0.717) is 0 Å². The molecule has 1 atom stereocenters. The Hall–Kier alpha value is -1.69. The van der Waals surface area contributed by atoms with Gasteiger partial charge < -0.3 is 0 Å². The highest BCUT2D eigenvalue weighted by Crippen LogP contribution is 2.37. The van der Waals surface area contributed by atoms with Crippen LogP contribution in [-0.4, -0.2) is 4.98 Å². The lowest BCUT2D eigenvalue weighted by atomic mass is 10.2. The molecule has 1 aliphatic rings. The third kappa shape index (κ3) is 2.60. The zero-order valence-corrected chi connectivity index (χ0v) is 13.4. The van der Waals surface area contributed by atoms with Gasteiger partial charge in [0, 0.05) is 15.4 Å². The Balaban J connectivity index is 1.54. The summed E-state index contributed by atoms with van der Waals surface area (Å²) in [7, 11) is 0. The summed E-state index contributed by atoms with van der Waals surface area (Å²) >= 11 is 5.12. The number of thiazole rings is 1. The van der Waals surface area contributed by atoms with E-state index in [4.69, 9.17) is 4.98 Å². The summed E-state index contributed by atoms with van der Waals surface area (Å²) < 4.78 is 1.10. The Morgan fingerprint density at radius 1 is 1.05 bits per heavy atom. The first-order valence-corrected chi connectivity index (χ1v) is 8.30. The largest absolute Gasteiger partial charge is 0.258 e. The number of rotatable bonds is 3. The number of nitrogens with zero attached hydrogens (tertiary/aromatic N) is 2. The normalized spacial score (nSPS) is 17.0. The maximum Gasteiger partial charge on any atom is 0.202 e. The van der Waals surface area contributed by atoms with Crippen molar-refractivity contribution in [3.63, 3.8) is 0 Å². The lowest BCUT2D eigenvalue weighted by Crippen LogP contribution is -1.95. The first kappa shape index (κ1) is 13.0. The number of hydrogen-bond donors (Lipinski definition) is 1. The van der Waals surface area contributed by atoms with E-state index in [0.717, 1.165) is 20.9 Å². The number of anilines is 1.